The summed E-state index contributed by atoms with van der Waals surface area (Å²) in [5.74, 6) is -1.26. The monoisotopic (exact) mass is 400 g/mol. The molecule has 3 heteroatoms. The Balaban J connectivity index is 2.46. The van der Waals surface area contributed by atoms with Gasteiger partial charge < -0.3 is 4.74 Å². The van der Waals surface area contributed by atoms with Gasteiger partial charge in [0.15, 0.2) is 0 Å². The van der Waals surface area contributed by atoms with Gasteiger partial charge in [-0.15, -0.1) is 0 Å². The second kappa shape index (κ2) is 7.56. The Morgan fingerprint density at radius 2 is 1.28 bits per heavy atom. The van der Waals surface area contributed by atoms with E-state index in [1.165, 1.54) is 5.56 Å². The first kappa shape index (κ1) is 23.6. The molecule has 0 bridgehead atoms. The van der Waals surface area contributed by atoms with Crippen LogP contribution < -0.4 is 0 Å². The summed E-state index contributed by atoms with van der Waals surface area (Å²) in [6.45, 7) is 21.7. The number of ether oxygens (including phenoxy) is 1. The van der Waals surface area contributed by atoms with Crippen molar-refractivity contribution in [3.05, 3.63) is 35.9 Å². The molecule has 1 aromatic carbocycles. The molecule has 3 nitrogen and oxygen atoms in total. The van der Waals surface area contributed by atoms with Gasteiger partial charge in [-0.25, -0.2) is 0 Å². The summed E-state index contributed by atoms with van der Waals surface area (Å²) in [6.07, 6.45) is 0.919. The summed E-state index contributed by atoms with van der Waals surface area (Å²) < 4.78 is 5.17. The van der Waals surface area contributed by atoms with E-state index in [1.807, 2.05) is 26.8 Å². The Morgan fingerprint density at radius 1 is 0.793 bits per heavy atom. The zero-order valence-electron chi connectivity index (χ0n) is 20.1. The maximum absolute atomic E-state index is 12.8. The van der Waals surface area contributed by atoms with E-state index in [0.29, 0.717) is 5.92 Å². The third-order valence-electron chi connectivity index (χ3n) is 7.46. The fraction of sp³-hybridized carbons (Fsp3) is 0.692. The van der Waals surface area contributed by atoms with Crippen molar-refractivity contribution in [3.8, 4) is 0 Å². The van der Waals surface area contributed by atoms with Crippen molar-refractivity contribution >= 4 is 11.9 Å². The highest BCUT2D eigenvalue weighted by atomic mass is 16.6. The van der Waals surface area contributed by atoms with Gasteiger partial charge in [-0.05, 0) is 39.6 Å². The van der Waals surface area contributed by atoms with E-state index in [2.05, 4.69) is 72.7 Å². The molecule has 1 aliphatic rings. The second-order valence-electron chi connectivity index (χ2n) is 12.2. The van der Waals surface area contributed by atoms with Crippen molar-refractivity contribution in [1.29, 1.82) is 0 Å². The highest BCUT2D eigenvalue weighted by Crippen LogP contribution is 2.58. The van der Waals surface area contributed by atoms with E-state index in [4.69, 9.17) is 4.74 Å². The predicted octanol–water partition coefficient (Wildman–Crippen LogP) is 6.62. The maximum Gasteiger partial charge on any atom is 0.318 e. The van der Waals surface area contributed by atoms with Crippen LogP contribution in [0.5, 0.6) is 0 Å². The molecule has 0 spiro atoms. The van der Waals surface area contributed by atoms with Crippen LogP contribution in [0.3, 0.4) is 0 Å². The molecule has 3 unspecified atom stereocenters. The summed E-state index contributed by atoms with van der Waals surface area (Å²) in [7, 11) is 0. The van der Waals surface area contributed by atoms with Gasteiger partial charge in [-0.2, -0.15) is 0 Å². The molecule has 0 N–H and O–H groups in total. The van der Waals surface area contributed by atoms with Crippen molar-refractivity contribution in [2.75, 3.05) is 0 Å². The molecular formula is C26H40O3. The maximum atomic E-state index is 12.8. The Kier molecular flexibility index (Phi) is 6.16. The molecule has 0 aliphatic carbocycles. The molecule has 3 atom stereocenters. The molecule has 2 rings (SSSR count). The molecule has 1 saturated heterocycles. The van der Waals surface area contributed by atoms with Crippen LogP contribution in [-0.4, -0.2) is 11.9 Å². The Hall–Kier alpha value is -1.64. The molecule has 162 valence electrons. The van der Waals surface area contributed by atoms with Gasteiger partial charge in [0.1, 0.15) is 0 Å². The minimum atomic E-state index is -0.443. The zero-order chi connectivity index (χ0) is 22.4. The van der Waals surface area contributed by atoms with Gasteiger partial charge >= 0.3 is 11.9 Å². The molecule has 1 fully saturated rings. The summed E-state index contributed by atoms with van der Waals surface area (Å²) in [5, 5.41) is 0. The normalized spacial score (nSPS) is 22.6. The standard InChI is InChI=1S/C26H40O3/c1-23(2,3)18(17-14-12-11-13-15-17)16-25(7,8)26(9,10)20-19(24(4,5)6)21(27)29-22(20)28/h11-15,18-20H,16H2,1-10H3. The first-order valence-electron chi connectivity index (χ1n) is 10.8. The van der Waals surface area contributed by atoms with E-state index in [0.717, 1.165) is 6.42 Å². The van der Waals surface area contributed by atoms with Crippen molar-refractivity contribution in [2.24, 2.45) is 33.5 Å². The largest absolute Gasteiger partial charge is 0.393 e. The average Bonchev–Trinajstić information content (AvgIpc) is 2.87. The summed E-state index contributed by atoms with van der Waals surface area (Å²) in [4.78, 5) is 25.4. The van der Waals surface area contributed by atoms with Crippen LogP contribution in [-0.2, 0) is 14.3 Å². The molecule has 1 aliphatic heterocycles. The number of benzene rings is 1. The van der Waals surface area contributed by atoms with E-state index >= 15 is 0 Å². The molecule has 29 heavy (non-hydrogen) atoms. The lowest BCUT2D eigenvalue weighted by molar-refractivity contribution is -0.155. The van der Waals surface area contributed by atoms with Gasteiger partial charge in [0.25, 0.3) is 0 Å². The SMILES string of the molecule is CC(C)(C)C(CC(C)(C)C(C)(C)C1C(=O)OC(=O)C1C(C)(C)C)c1ccccc1. The van der Waals surface area contributed by atoms with E-state index in [9.17, 15) is 9.59 Å². The summed E-state index contributed by atoms with van der Waals surface area (Å²) >= 11 is 0. The van der Waals surface area contributed by atoms with Crippen LogP contribution in [0.4, 0.5) is 0 Å². The molecule has 0 amide bonds. The lowest BCUT2D eigenvalue weighted by atomic mass is 9.52. The smallest absolute Gasteiger partial charge is 0.318 e. The predicted molar refractivity (Wildman–Crippen MR) is 118 cm³/mol. The molecule has 0 radical (unpaired) electrons. The van der Waals surface area contributed by atoms with E-state index in [1.54, 1.807) is 0 Å². The van der Waals surface area contributed by atoms with Crippen LogP contribution in [0, 0.1) is 33.5 Å². The van der Waals surface area contributed by atoms with Crippen molar-refractivity contribution in [1.82, 2.24) is 0 Å². The highest BCUT2D eigenvalue weighted by Gasteiger charge is 2.60. The number of carbonyl (C=O) groups is 2. The lowest BCUT2D eigenvalue weighted by Gasteiger charge is -2.50. The number of hydrogen-bond acceptors (Lipinski definition) is 3. The van der Waals surface area contributed by atoms with Crippen molar-refractivity contribution in [2.45, 2.75) is 81.6 Å². The fourth-order valence-corrected chi connectivity index (χ4v) is 4.87. The fourth-order valence-electron chi connectivity index (χ4n) is 4.87. The minimum absolute atomic E-state index is 0.0735. The van der Waals surface area contributed by atoms with Crippen molar-refractivity contribution < 1.29 is 14.3 Å². The van der Waals surface area contributed by atoms with E-state index in [-0.39, 0.29) is 28.2 Å². The quantitative estimate of drug-likeness (QED) is 0.412. The van der Waals surface area contributed by atoms with Gasteiger partial charge in [-0.1, -0.05) is 99.6 Å². The topological polar surface area (TPSA) is 43.4 Å². The molecule has 1 aromatic rings. The first-order valence-corrected chi connectivity index (χ1v) is 10.8. The Morgan fingerprint density at radius 3 is 1.72 bits per heavy atom. The second-order valence-corrected chi connectivity index (χ2v) is 12.2. The Bertz CT molecular complexity index is 744. The highest BCUT2D eigenvalue weighted by molar-refractivity contribution is 5.97. The minimum Gasteiger partial charge on any atom is -0.393 e. The first-order chi connectivity index (χ1) is 13.0. The van der Waals surface area contributed by atoms with Gasteiger partial charge in [0.05, 0.1) is 11.8 Å². The van der Waals surface area contributed by atoms with Crippen LogP contribution in [0.25, 0.3) is 0 Å². The number of cyclic esters (lactones) is 2. The average molecular weight is 401 g/mol. The molecule has 0 aromatic heterocycles. The van der Waals surface area contributed by atoms with E-state index < -0.39 is 17.3 Å². The molecular weight excluding hydrogens is 360 g/mol. The zero-order valence-corrected chi connectivity index (χ0v) is 20.1. The van der Waals surface area contributed by atoms with Gasteiger partial charge in [0, 0.05) is 0 Å². The van der Waals surface area contributed by atoms with Crippen LogP contribution in [0.15, 0.2) is 30.3 Å². The third-order valence-corrected chi connectivity index (χ3v) is 7.46. The number of carbonyl (C=O) groups excluding carboxylic acids is 2. The number of hydrogen-bond donors (Lipinski definition) is 0. The van der Waals surface area contributed by atoms with Crippen molar-refractivity contribution in [3.63, 3.8) is 0 Å². The van der Waals surface area contributed by atoms with Gasteiger partial charge in [0.2, 0.25) is 0 Å². The Labute approximate surface area is 177 Å². The summed E-state index contributed by atoms with van der Waals surface area (Å²) in [5.41, 5.74) is 0.459. The third kappa shape index (κ3) is 4.59. The lowest BCUT2D eigenvalue weighted by Crippen LogP contribution is -2.48. The molecule has 1 heterocycles. The van der Waals surface area contributed by atoms with Crippen LogP contribution in [0.1, 0.15) is 87.1 Å². The van der Waals surface area contributed by atoms with Crippen LogP contribution in [0.2, 0.25) is 0 Å². The molecule has 0 saturated carbocycles. The number of esters is 2. The summed E-state index contributed by atoms with van der Waals surface area (Å²) in [6, 6.07) is 10.6. The number of rotatable bonds is 5. The van der Waals surface area contributed by atoms with Gasteiger partial charge in [-0.3, -0.25) is 9.59 Å². The van der Waals surface area contributed by atoms with Crippen LogP contribution >= 0.6 is 0 Å².